The van der Waals surface area contributed by atoms with Crippen molar-refractivity contribution in [3.63, 3.8) is 0 Å². The van der Waals surface area contributed by atoms with Gasteiger partial charge in [-0.05, 0) is 0 Å². The second kappa shape index (κ2) is 2.43. The first-order valence-corrected chi connectivity index (χ1v) is 4.33. The van der Waals surface area contributed by atoms with Gasteiger partial charge in [0.05, 0.1) is 12.0 Å². The van der Waals surface area contributed by atoms with Crippen molar-refractivity contribution >= 4 is 22.6 Å². The van der Waals surface area contributed by atoms with Crippen LogP contribution in [0.25, 0.3) is 11.0 Å². The van der Waals surface area contributed by atoms with Gasteiger partial charge in [-0.25, -0.2) is 9.97 Å². The molecular formula is C8H6ClN3O. The lowest BCUT2D eigenvalue weighted by Gasteiger charge is -1.93. The van der Waals surface area contributed by atoms with E-state index >= 15 is 0 Å². The zero-order chi connectivity index (χ0) is 8.84. The molecule has 0 spiro atoms. The van der Waals surface area contributed by atoms with Crippen molar-refractivity contribution in [2.45, 2.75) is 6.10 Å². The fraction of sp³-hybridized carbons (Fsp3) is 0.250. The molecule has 66 valence electrons. The molecular weight excluding hydrogens is 190 g/mol. The van der Waals surface area contributed by atoms with Crippen LogP contribution in [0.2, 0.25) is 5.15 Å². The van der Waals surface area contributed by atoms with Crippen molar-refractivity contribution in [3.05, 3.63) is 23.2 Å². The van der Waals surface area contributed by atoms with Crippen molar-refractivity contribution in [1.29, 1.82) is 0 Å². The number of aromatic amines is 1. The Hall–Kier alpha value is -1.13. The van der Waals surface area contributed by atoms with E-state index in [1.807, 2.05) is 6.20 Å². The van der Waals surface area contributed by atoms with Crippen LogP contribution in [0.15, 0.2) is 12.5 Å². The molecule has 0 unspecified atom stereocenters. The van der Waals surface area contributed by atoms with E-state index < -0.39 is 0 Å². The minimum Gasteiger partial charge on any atom is -0.368 e. The van der Waals surface area contributed by atoms with E-state index in [9.17, 15) is 0 Å². The van der Waals surface area contributed by atoms with Gasteiger partial charge >= 0.3 is 0 Å². The molecule has 1 fully saturated rings. The van der Waals surface area contributed by atoms with Crippen molar-refractivity contribution < 1.29 is 4.74 Å². The van der Waals surface area contributed by atoms with Crippen LogP contribution in [-0.2, 0) is 4.74 Å². The highest BCUT2D eigenvalue weighted by atomic mass is 35.5. The maximum Gasteiger partial charge on any atom is 0.142 e. The van der Waals surface area contributed by atoms with Gasteiger partial charge in [-0.1, -0.05) is 11.6 Å². The third kappa shape index (κ3) is 1.03. The van der Waals surface area contributed by atoms with Gasteiger partial charge in [-0.3, -0.25) is 0 Å². The molecule has 4 nitrogen and oxygen atoms in total. The van der Waals surface area contributed by atoms with Gasteiger partial charge in [0, 0.05) is 11.8 Å². The number of ether oxygens (including phenoxy) is 1. The number of fused-ring (bicyclic) bond motifs is 1. The Morgan fingerprint density at radius 2 is 2.38 bits per heavy atom. The quantitative estimate of drug-likeness (QED) is 0.557. The maximum atomic E-state index is 5.95. The van der Waals surface area contributed by atoms with Gasteiger partial charge in [0.1, 0.15) is 23.2 Å². The SMILES string of the molecule is Clc1ncnc2[nH]cc([C@@H]3CO3)c12. The minimum atomic E-state index is 0.178. The van der Waals surface area contributed by atoms with Crippen LogP contribution < -0.4 is 0 Å². The first-order valence-electron chi connectivity index (χ1n) is 3.95. The van der Waals surface area contributed by atoms with Gasteiger partial charge in [0.2, 0.25) is 0 Å². The van der Waals surface area contributed by atoms with Gasteiger partial charge in [0.25, 0.3) is 0 Å². The number of aromatic nitrogens is 3. The average molecular weight is 196 g/mol. The van der Waals surface area contributed by atoms with Crippen molar-refractivity contribution in [2.75, 3.05) is 6.61 Å². The Balaban J connectivity index is 2.34. The molecule has 2 aromatic heterocycles. The van der Waals surface area contributed by atoms with Gasteiger partial charge in [-0.15, -0.1) is 0 Å². The fourth-order valence-corrected chi connectivity index (χ4v) is 1.67. The Labute approximate surface area is 78.9 Å². The average Bonchev–Trinajstić information content (AvgIpc) is 2.87. The van der Waals surface area contributed by atoms with Crippen LogP contribution >= 0.6 is 11.6 Å². The number of hydrogen-bond acceptors (Lipinski definition) is 3. The van der Waals surface area contributed by atoms with Crippen molar-refractivity contribution in [3.8, 4) is 0 Å². The van der Waals surface area contributed by atoms with Crippen LogP contribution in [-0.4, -0.2) is 21.6 Å². The van der Waals surface area contributed by atoms with Crippen LogP contribution in [0, 0.1) is 0 Å². The zero-order valence-electron chi connectivity index (χ0n) is 6.62. The summed E-state index contributed by atoms with van der Waals surface area (Å²) in [7, 11) is 0. The van der Waals surface area contributed by atoms with E-state index in [2.05, 4.69) is 15.0 Å². The lowest BCUT2D eigenvalue weighted by Crippen LogP contribution is -1.83. The first kappa shape index (κ1) is 7.29. The molecule has 0 bridgehead atoms. The van der Waals surface area contributed by atoms with E-state index in [1.54, 1.807) is 0 Å². The Kier molecular flexibility index (Phi) is 1.36. The lowest BCUT2D eigenvalue weighted by molar-refractivity contribution is 0.417. The monoisotopic (exact) mass is 195 g/mol. The molecule has 13 heavy (non-hydrogen) atoms. The third-order valence-electron chi connectivity index (χ3n) is 2.13. The molecule has 2 aromatic rings. The molecule has 1 aliphatic rings. The normalized spacial score (nSPS) is 20.8. The molecule has 3 heterocycles. The lowest BCUT2D eigenvalue weighted by atomic mass is 10.2. The highest BCUT2D eigenvalue weighted by molar-refractivity contribution is 6.34. The highest BCUT2D eigenvalue weighted by Gasteiger charge is 2.28. The largest absolute Gasteiger partial charge is 0.368 e. The molecule has 0 aromatic carbocycles. The smallest absolute Gasteiger partial charge is 0.142 e. The standard InChI is InChI=1S/C8H6ClN3O/c9-7-6-4(5-2-13-5)1-10-8(6)12-3-11-7/h1,3,5H,2H2,(H,10,11,12)/t5-/m0/s1. The van der Waals surface area contributed by atoms with Crippen molar-refractivity contribution in [2.24, 2.45) is 0 Å². The molecule has 3 rings (SSSR count). The Bertz CT molecular complexity index is 463. The molecule has 0 radical (unpaired) electrons. The Morgan fingerprint density at radius 1 is 1.54 bits per heavy atom. The first-order chi connectivity index (χ1) is 6.36. The summed E-state index contributed by atoms with van der Waals surface area (Å²) in [6, 6.07) is 0. The van der Waals surface area contributed by atoms with E-state index in [-0.39, 0.29) is 6.10 Å². The van der Waals surface area contributed by atoms with E-state index in [0.717, 1.165) is 23.2 Å². The number of halogens is 1. The molecule has 1 aliphatic heterocycles. The summed E-state index contributed by atoms with van der Waals surface area (Å²) in [6.45, 7) is 0.762. The third-order valence-corrected chi connectivity index (χ3v) is 2.42. The predicted octanol–water partition coefficient (Wildman–Crippen LogP) is 1.68. The summed E-state index contributed by atoms with van der Waals surface area (Å²) < 4.78 is 5.18. The summed E-state index contributed by atoms with van der Waals surface area (Å²) in [6.07, 6.45) is 3.50. The summed E-state index contributed by atoms with van der Waals surface area (Å²) in [4.78, 5) is 11.0. The second-order valence-corrected chi connectivity index (χ2v) is 3.31. The van der Waals surface area contributed by atoms with Gasteiger partial charge in [-0.2, -0.15) is 0 Å². The number of nitrogens with zero attached hydrogens (tertiary/aromatic N) is 2. The van der Waals surface area contributed by atoms with E-state index in [1.165, 1.54) is 6.33 Å². The molecule has 1 atom stereocenters. The molecule has 1 saturated heterocycles. The van der Waals surface area contributed by atoms with Crippen LogP contribution in [0.5, 0.6) is 0 Å². The number of rotatable bonds is 1. The molecule has 0 saturated carbocycles. The number of epoxide rings is 1. The minimum absolute atomic E-state index is 0.178. The summed E-state index contributed by atoms with van der Waals surface area (Å²) in [5.74, 6) is 0. The van der Waals surface area contributed by atoms with Gasteiger partial charge in [0.15, 0.2) is 0 Å². The van der Waals surface area contributed by atoms with Gasteiger partial charge < -0.3 is 9.72 Å². The number of H-pyrrole nitrogens is 1. The number of hydrogen-bond donors (Lipinski definition) is 1. The number of nitrogens with one attached hydrogen (secondary N) is 1. The summed E-state index contributed by atoms with van der Waals surface area (Å²) in [5.41, 5.74) is 1.83. The fourth-order valence-electron chi connectivity index (χ4n) is 1.43. The molecule has 0 aliphatic carbocycles. The van der Waals surface area contributed by atoms with Crippen LogP contribution in [0.3, 0.4) is 0 Å². The highest BCUT2D eigenvalue weighted by Crippen LogP contribution is 2.36. The van der Waals surface area contributed by atoms with E-state index in [4.69, 9.17) is 16.3 Å². The molecule has 5 heteroatoms. The molecule has 1 N–H and O–H groups in total. The maximum absolute atomic E-state index is 5.95. The summed E-state index contributed by atoms with van der Waals surface area (Å²) >= 11 is 5.95. The van der Waals surface area contributed by atoms with Crippen molar-refractivity contribution in [1.82, 2.24) is 15.0 Å². The van der Waals surface area contributed by atoms with E-state index in [0.29, 0.717) is 5.15 Å². The summed E-state index contributed by atoms with van der Waals surface area (Å²) in [5, 5.41) is 1.36. The zero-order valence-corrected chi connectivity index (χ0v) is 7.38. The predicted molar refractivity (Wildman–Crippen MR) is 47.6 cm³/mol. The topological polar surface area (TPSA) is 54.1 Å². The Morgan fingerprint density at radius 3 is 3.15 bits per heavy atom. The second-order valence-electron chi connectivity index (χ2n) is 2.95. The van der Waals surface area contributed by atoms with Crippen LogP contribution in [0.1, 0.15) is 11.7 Å². The van der Waals surface area contributed by atoms with Crippen LogP contribution in [0.4, 0.5) is 0 Å². The molecule has 0 amide bonds.